The highest BCUT2D eigenvalue weighted by molar-refractivity contribution is 9.66. The van der Waals surface area contributed by atoms with Gasteiger partial charge in [-0.1, -0.05) is 30.8 Å². The van der Waals surface area contributed by atoms with Crippen molar-refractivity contribution in [1.82, 2.24) is 0 Å². The van der Waals surface area contributed by atoms with Gasteiger partial charge in [0.05, 0.1) is 4.20 Å². The number of hydrogen-bond acceptors (Lipinski definition) is 77. The van der Waals surface area contributed by atoms with Gasteiger partial charge < -0.3 is 0 Å². The van der Waals surface area contributed by atoms with E-state index in [2.05, 4.69) is 18.6 Å². The van der Waals surface area contributed by atoms with E-state index in [1.54, 1.807) is 99.2 Å². The third-order valence-corrected chi connectivity index (χ3v) is 168. The fraction of sp³-hybridized carbons (Fsp3) is 0.667. The maximum atomic E-state index is 5.21. The third kappa shape index (κ3) is 103. The van der Waals surface area contributed by atoms with E-state index < -0.39 is 0 Å². The predicted octanol–water partition coefficient (Wildman–Crippen LogP) is 50.3. The molecule has 80 heavy (non-hydrogen) atoms. The number of thiol groups is 1. The van der Waals surface area contributed by atoms with Gasteiger partial charge in [-0.05, 0) is 174 Å². The van der Waals surface area contributed by atoms with Crippen LogP contribution in [0.15, 0.2) is 0 Å². The van der Waals surface area contributed by atoms with Crippen LogP contribution < -0.4 is 0 Å². The van der Waals surface area contributed by atoms with Gasteiger partial charge >= 0.3 is 0 Å². The molecule has 480 valence electrons. The molecule has 0 aliphatic heterocycles. The van der Waals surface area contributed by atoms with E-state index in [0.29, 0.717) is 0 Å². The van der Waals surface area contributed by atoms with Crippen molar-refractivity contribution >= 4 is 766 Å². The fourth-order valence-corrected chi connectivity index (χ4v) is 202. The van der Waals surface area contributed by atoms with Crippen LogP contribution in [-0.2, 0) is 0 Å². The van der Waals surface area contributed by atoms with Gasteiger partial charge in [-0.2, -0.15) is 0 Å². The quantitative estimate of drug-likeness (QED) is 0.0266. The summed E-state index contributed by atoms with van der Waals surface area (Å²) in [4.78, 5) is 0. The predicted molar refractivity (Wildman–Crippen MR) is 601 cm³/mol. The lowest BCUT2D eigenvalue weighted by Crippen LogP contribution is -1.75. The molecule has 0 fully saturated rings. The molecule has 0 heterocycles. The Morgan fingerprint density at radius 1 is 0.175 bits per heavy atom. The molecule has 0 aromatic carbocycles. The van der Waals surface area contributed by atoms with E-state index in [9.17, 15) is 0 Å². The van der Waals surface area contributed by atoms with Gasteiger partial charge in [-0.3, -0.25) is 0 Å². The summed E-state index contributed by atoms with van der Waals surface area (Å²) in [5, 5.41) is 0. The van der Waals surface area contributed by atoms with Crippen molar-refractivity contribution in [2.45, 2.75) is 13.3 Å². The van der Waals surface area contributed by atoms with E-state index in [1.807, 2.05) is 629 Å². The Hall–Kier alpha value is 26.7. The fourth-order valence-electron chi connectivity index (χ4n) is 0.928. The second kappa shape index (κ2) is 104. The number of hydrogen-bond donors (Lipinski definition) is 1. The average molecular weight is 2510 g/mol. The van der Waals surface area contributed by atoms with Gasteiger partial charge in [0.25, 0.3) is 0 Å². The van der Waals surface area contributed by atoms with E-state index in [1.165, 1.54) is 9.83 Å². The molecule has 77 heteroatoms. The lowest BCUT2D eigenvalue weighted by molar-refractivity contribution is 1.35. The van der Waals surface area contributed by atoms with Crippen LogP contribution in [0.4, 0.5) is 0 Å². The highest BCUT2D eigenvalue weighted by Crippen LogP contribution is 2.72. The largest absolute Gasteiger partial charge is 0.0988 e. The second-order valence-electron chi connectivity index (χ2n) is 5.85. The molecule has 0 atom stereocenters. The topological polar surface area (TPSA) is 0 Å². The highest BCUT2D eigenvalue weighted by atomic mass is 34.1. The first-order valence-electron chi connectivity index (χ1n) is 14.0. The summed E-state index contributed by atoms with van der Waals surface area (Å²) in [5.41, 5.74) is 0. The van der Waals surface area contributed by atoms with Crippen LogP contribution in [0.5, 0.6) is 0 Å². The van der Waals surface area contributed by atoms with Gasteiger partial charge in [0.1, 0.15) is 0 Å². The molecule has 0 aliphatic rings. The molecule has 0 aliphatic carbocycles. The molecule has 0 rings (SSSR count). The smallest absolute Gasteiger partial charge is 0.0593 e. The summed E-state index contributed by atoms with van der Waals surface area (Å²) in [6.07, 6.45) is 0.965. The summed E-state index contributed by atoms with van der Waals surface area (Å²) in [6, 6.07) is 0. The normalized spacial score (nSPS) is 11.7. The molecule has 0 nitrogen and oxygen atoms in total. The first-order valence-corrected chi connectivity index (χ1v) is 115. The first-order chi connectivity index (χ1) is 39.8. The Labute approximate surface area is 757 Å². The summed E-state index contributed by atoms with van der Waals surface area (Å²) in [6.45, 7) is 2.10. The van der Waals surface area contributed by atoms with Gasteiger partial charge in [0, 0.05) is 570 Å². The van der Waals surface area contributed by atoms with Crippen LogP contribution in [-0.4, -0.2) is 4.20 Å². The van der Waals surface area contributed by atoms with Crippen LogP contribution in [0.1, 0.15) is 13.3 Å². The minimum atomic E-state index is 0.965. The summed E-state index contributed by atoms with van der Waals surface area (Å²) < 4.78 is 1.07. The van der Waals surface area contributed by atoms with Crippen LogP contribution in [0.25, 0.3) is 0 Å². The molecular formula is C3H6S77. The van der Waals surface area contributed by atoms with Crippen molar-refractivity contribution in [3.8, 4) is 0 Å². The van der Waals surface area contributed by atoms with Crippen LogP contribution in [0.2, 0.25) is 0 Å². The highest BCUT2D eigenvalue weighted by Gasteiger charge is 2.07. The molecule has 0 spiro atoms. The molecule has 0 aromatic rings. The summed E-state index contributed by atoms with van der Waals surface area (Å²) in [5.74, 6) is 0. The maximum Gasteiger partial charge on any atom is 0.0593 e. The van der Waals surface area contributed by atoms with E-state index in [4.69, 9.17) is 12.2 Å². The minimum absolute atomic E-state index is 0.965. The van der Waals surface area contributed by atoms with E-state index in [-0.39, 0.29) is 0 Å². The molecule has 0 saturated heterocycles. The molecule has 0 amide bonds. The second-order valence-corrected chi connectivity index (χ2v) is 139. The van der Waals surface area contributed by atoms with E-state index in [0.717, 1.165) is 10.6 Å². The Kier molecular flexibility index (Phi) is 138. The van der Waals surface area contributed by atoms with Crippen molar-refractivity contribution in [1.29, 1.82) is 0 Å². The van der Waals surface area contributed by atoms with Gasteiger partial charge in [-0.25, -0.2) is 0 Å². The van der Waals surface area contributed by atoms with Crippen molar-refractivity contribution in [2.24, 2.45) is 0 Å². The molecule has 0 N–H and O–H groups in total. The molecule has 0 radical (unpaired) electrons. The van der Waals surface area contributed by atoms with E-state index >= 15 is 0 Å². The van der Waals surface area contributed by atoms with Crippen molar-refractivity contribution in [3.05, 3.63) is 0 Å². The Balaban J connectivity index is 3.08. The van der Waals surface area contributed by atoms with Crippen LogP contribution >= 0.6 is 762 Å². The van der Waals surface area contributed by atoms with Crippen LogP contribution in [0, 0.1) is 0 Å². The molecule has 0 unspecified atom stereocenters. The van der Waals surface area contributed by atoms with Crippen molar-refractivity contribution in [3.63, 3.8) is 0 Å². The molecule has 0 aromatic heterocycles. The van der Waals surface area contributed by atoms with Crippen molar-refractivity contribution in [2.75, 3.05) is 0 Å². The number of rotatable bonds is 75. The Morgan fingerprint density at radius 2 is 0.263 bits per heavy atom. The third-order valence-electron chi connectivity index (χ3n) is 2.45. The average Bonchev–Trinajstić information content (AvgIpc) is 3.47. The lowest BCUT2D eigenvalue weighted by atomic mass is 10.6. The zero-order valence-electron chi connectivity index (χ0n) is 33.7. The summed E-state index contributed by atoms with van der Waals surface area (Å²) in [7, 11) is 136. The molecular weight excluding hydrogens is 2510 g/mol. The zero-order valence-corrected chi connectivity index (χ0v) is 96.6. The van der Waals surface area contributed by atoms with Crippen LogP contribution in [0.3, 0.4) is 0 Å². The zero-order chi connectivity index (χ0) is 57.3. The number of thiocarbonyl (C=S) groups is 1. The standard InChI is InChI=1S/C3H6S77/c1-2-3(4)6-8-10-12-14-16-18-20-22-24-26-28-30-32-34-36-38-40-42-44-46-48-50-52-54-56-58-60-62-64-66-68-70-72-74-76-78-80-79-77-75-73-71-69-67-65-63-61-59-57-55-53-51-49-47-45-43-41-39-37-35-33-31-29-27-25-23-21-19-17-15-13-11-9-7-5/h5H,2H2,1H3. The van der Waals surface area contributed by atoms with Crippen molar-refractivity contribution < 1.29 is 0 Å². The molecule has 0 saturated carbocycles. The minimum Gasteiger partial charge on any atom is -0.0988 e. The SMILES string of the molecule is CCC(=S)SSSSSSSSSSSSSSSSSSSSSSSSSSSSSSSSSSSSSSSSSSSSSSSSSSSSSSSSSSSSSSSSSSSSSSSSSSSS. The Morgan fingerprint density at radius 3 is 0.350 bits per heavy atom. The first kappa shape index (κ1) is 107. The van der Waals surface area contributed by atoms with Gasteiger partial charge in [-0.15, -0.1) is 0 Å². The lowest BCUT2D eigenvalue weighted by Gasteiger charge is -2.00. The molecule has 0 bridgehead atoms. The van der Waals surface area contributed by atoms with Gasteiger partial charge in [0.2, 0.25) is 0 Å². The maximum absolute atomic E-state index is 5.21. The summed E-state index contributed by atoms with van der Waals surface area (Å²) >= 11 is 9.31. The van der Waals surface area contributed by atoms with Gasteiger partial charge in [0.15, 0.2) is 0 Å². The Bertz CT molecular complexity index is 1060. The monoisotopic (exact) mass is 2500 g/mol.